The Kier molecular flexibility index (Phi) is 6.40. The highest BCUT2D eigenvalue weighted by Crippen LogP contribution is 2.66. The molecule has 4 aliphatic carbocycles. The number of aliphatic carboxylic acids is 1. The van der Waals surface area contributed by atoms with Crippen LogP contribution in [0.5, 0.6) is 0 Å². The van der Waals surface area contributed by atoms with E-state index < -0.39 is 18.0 Å². The van der Waals surface area contributed by atoms with Crippen molar-refractivity contribution in [1.29, 1.82) is 0 Å². The molecule has 8 atom stereocenters. The van der Waals surface area contributed by atoms with Crippen molar-refractivity contribution < 1.29 is 15.0 Å². The Labute approximate surface area is 190 Å². The molecule has 1 unspecified atom stereocenters. The van der Waals surface area contributed by atoms with E-state index >= 15 is 0 Å². The molecule has 4 aliphatic rings. The van der Waals surface area contributed by atoms with Crippen LogP contribution in [0.2, 0.25) is 0 Å². The van der Waals surface area contributed by atoms with E-state index in [9.17, 15) is 15.0 Å². The molecule has 31 heavy (non-hydrogen) atoms. The van der Waals surface area contributed by atoms with Gasteiger partial charge in [-0.25, -0.2) is 0 Å². The summed E-state index contributed by atoms with van der Waals surface area (Å²) in [5.74, 6) is 1.89. The van der Waals surface area contributed by atoms with Crippen LogP contribution in [-0.4, -0.2) is 22.3 Å². The zero-order chi connectivity index (χ0) is 22.6. The Balaban J connectivity index is 1.57. The normalized spacial score (nSPS) is 43.4. The molecule has 0 radical (unpaired) electrons. The van der Waals surface area contributed by atoms with E-state index in [-0.39, 0.29) is 11.3 Å². The van der Waals surface area contributed by atoms with Crippen molar-refractivity contribution >= 4 is 5.97 Å². The van der Waals surface area contributed by atoms with Crippen molar-refractivity contribution in [3.63, 3.8) is 0 Å². The Morgan fingerprint density at radius 3 is 2.45 bits per heavy atom. The van der Waals surface area contributed by atoms with Crippen molar-refractivity contribution in [2.75, 3.05) is 0 Å². The van der Waals surface area contributed by atoms with Gasteiger partial charge in [-0.15, -0.1) is 0 Å². The summed E-state index contributed by atoms with van der Waals surface area (Å²) in [5, 5.41) is 20.4. The van der Waals surface area contributed by atoms with Crippen molar-refractivity contribution in [3.05, 3.63) is 11.1 Å². The van der Waals surface area contributed by atoms with Crippen LogP contribution in [-0.2, 0) is 4.79 Å². The van der Waals surface area contributed by atoms with E-state index in [1.165, 1.54) is 38.5 Å². The number of rotatable bonds is 6. The lowest BCUT2D eigenvalue weighted by Gasteiger charge is -2.56. The van der Waals surface area contributed by atoms with Crippen molar-refractivity contribution in [2.24, 2.45) is 46.3 Å². The number of aliphatic hydroxyl groups excluding tert-OH is 1. The van der Waals surface area contributed by atoms with Crippen LogP contribution >= 0.6 is 0 Å². The van der Waals surface area contributed by atoms with Gasteiger partial charge in [-0.3, -0.25) is 4.79 Å². The van der Waals surface area contributed by atoms with Crippen LogP contribution in [0.3, 0.4) is 0 Å². The first-order chi connectivity index (χ1) is 14.6. The minimum absolute atomic E-state index is 0.0157. The number of carboxylic acid groups (broad SMARTS) is 1. The Hall–Kier alpha value is -0.830. The fourth-order valence-electron chi connectivity index (χ4n) is 8.92. The molecule has 2 N–H and O–H groups in total. The molecule has 0 bridgehead atoms. The molecular formula is C28H46O3. The average molecular weight is 431 g/mol. The standard InChI is InChI=1S/C28H46O3/c1-17(2)7-6-8-18(3)20-11-12-21-19-9-10-23-25(26(30)31)24(29)14-16-28(23,5)22(19)13-15-27(20,21)4/h17-18,20-21,23-25,29H,6-16H2,1-5H3,(H,30,31)/t18?,20-,21+,23+,24+,25+,27-,28-/m1/s1. The molecule has 0 aliphatic heterocycles. The lowest BCUT2D eigenvalue weighted by molar-refractivity contribution is -0.156. The predicted octanol–water partition coefficient (Wildman–Crippen LogP) is 6.84. The third kappa shape index (κ3) is 3.81. The highest BCUT2D eigenvalue weighted by atomic mass is 16.4. The van der Waals surface area contributed by atoms with E-state index in [2.05, 4.69) is 34.6 Å². The third-order valence-electron chi connectivity index (χ3n) is 10.6. The zero-order valence-electron chi connectivity index (χ0n) is 20.6. The lowest BCUT2D eigenvalue weighted by atomic mass is 9.48. The zero-order valence-corrected chi connectivity index (χ0v) is 20.6. The van der Waals surface area contributed by atoms with E-state index in [1.807, 2.05) is 0 Å². The van der Waals surface area contributed by atoms with Gasteiger partial charge in [-0.1, -0.05) is 65.0 Å². The van der Waals surface area contributed by atoms with Gasteiger partial charge in [-0.05, 0) is 91.8 Å². The third-order valence-corrected chi connectivity index (χ3v) is 10.6. The number of fused-ring (bicyclic) bond motifs is 4. The molecule has 0 heterocycles. The van der Waals surface area contributed by atoms with Crippen molar-refractivity contribution in [2.45, 2.75) is 111 Å². The van der Waals surface area contributed by atoms with E-state index in [0.29, 0.717) is 17.8 Å². The summed E-state index contributed by atoms with van der Waals surface area (Å²) in [4.78, 5) is 12.0. The smallest absolute Gasteiger partial charge is 0.309 e. The van der Waals surface area contributed by atoms with Gasteiger partial charge in [0.1, 0.15) is 0 Å². The first kappa shape index (κ1) is 23.3. The minimum Gasteiger partial charge on any atom is -0.481 e. The van der Waals surface area contributed by atoms with Crippen molar-refractivity contribution in [1.82, 2.24) is 0 Å². The van der Waals surface area contributed by atoms with Gasteiger partial charge in [0.05, 0.1) is 12.0 Å². The number of carboxylic acids is 1. The van der Waals surface area contributed by atoms with Gasteiger partial charge in [0.2, 0.25) is 0 Å². The Bertz CT molecular complexity index is 724. The number of hydrogen-bond donors (Lipinski definition) is 2. The van der Waals surface area contributed by atoms with Gasteiger partial charge in [0.25, 0.3) is 0 Å². The first-order valence-corrected chi connectivity index (χ1v) is 13.2. The van der Waals surface area contributed by atoms with E-state index in [1.54, 1.807) is 11.1 Å². The molecular weight excluding hydrogens is 384 g/mol. The van der Waals surface area contributed by atoms with Crippen molar-refractivity contribution in [3.8, 4) is 0 Å². The van der Waals surface area contributed by atoms with Gasteiger partial charge in [0.15, 0.2) is 0 Å². The maximum Gasteiger partial charge on any atom is 0.309 e. The first-order valence-electron chi connectivity index (χ1n) is 13.2. The summed E-state index contributed by atoms with van der Waals surface area (Å²) in [6.07, 6.45) is 12.2. The quantitative estimate of drug-likeness (QED) is 0.453. The monoisotopic (exact) mass is 430 g/mol. The molecule has 0 aromatic heterocycles. The lowest BCUT2D eigenvalue weighted by Crippen LogP contribution is -2.51. The Morgan fingerprint density at radius 2 is 1.77 bits per heavy atom. The fourth-order valence-corrected chi connectivity index (χ4v) is 8.92. The highest BCUT2D eigenvalue weighted by molar-refractivity contribution is 5.72. The topological polar surface area (TPSA) is 57.5 Å². The SMILES string of the molecule is CC(C)CCCC(C)[C@H]1CC[C@H]2C3=C(CC[C@]12C)[C@@]1(C)CC[C@H](O)[C@@H](C(=O)O)[C@@H]1CC3. The number of hydrogen-bond acceptors (Lipinski definition) is 2. The number of carbonyl (C=O) groups is 1. The minimum atomic E-state index is -0.788. The number of aliphatic hydroxyl groups is 1. The van der Waals surface area contributed by atoms with E-state index in [0.717, 1.165) is 43.4 Å². The Morgan fingerprint density at radius 1 is 1.03 bits per heavy atom. The molecule has 2 fully saturated rings. The molecule has 0 aromatic rings. The van der Waals surface area contributed by atoms with Gasteiger partial charge >= 0.3 is 5.97 Å². The van der Waals surface area contributed by atoms with Crippen LogP contribution in [0, 0.1) is 46.3 Å². The molecule has 0 aromatic carbocycles. The largest absolute Gasteiger partial charge is 0.481 e. The van der Waals surface area contributed by atoms with Crippen LogP contribution in [0.15, 0.2) is 11.1 Å². The second-order valence-electron chi connectivity index (χ2n) is 12.6. The van der Waals surface area contributed by atoms with Crippen LogP contribution in [0.1, 0.15) is 105 Å². The van der Waals surface area contributed by atoms with Gasteiger partial charge < -0.3 is 10.2 Å². The summed E-state index contributed by atoms with van der Waals surface area (Å²) in [7, 11) is 0. The maximum absolute atomic E-state index is 12.0. The molecule has 3 heteroatoms. The van der Waals surface area contributed by atoms with Gasteiger partial charge in [-0.2, -0.15) is 0 Å². The highest BCUT2D eigenvalue weighted by Gasteiger charge is 2.58. The maximum atomic E-state index is 12.0. The van der Waals surface area contributed by atoms with Crippen LogP contribution < -0.4 is 0 Å². The second kappa shape index (κ2) is 8.50. The van der Waals surface area contributed by atoms with Gasteiger partial charge in [0, 0.05) is 0 Å². The summed E-state index contributed by atoms with van der Waals surface area (Å²) in [6.45, 7) is 12.1. The molecule has 3 nitrogen and oxygen atoms in total. The number of allylic oxidation sites excluding steroid dienone is 2. The van der Waals surface area contributed by atoms with Crippen LogP contribution in [0.4, 0.5) is 0 Å². The summed E-state index contributed by atoms with van der Waals surface area (Å²) in [5.41, 5.74) is 3.76. The molecule has 0 amide bonds. The fraction of sp³-hybridized carbons (Fsp3) is 0.893. The second-order valence-corrected chi connectivity index (χ2v) is 12.6. The summed E-state index contributed by atoms with van der Waals surface area (Å²) in [6, 6.07) is 0. The average Bonchev–Trinajstić information content (AvgIpc) is 3.05. The predicted molar refractivity (Wildman–Crippen MR) is 126 cm³/mol. The van der Waals surface area contributed by atoms with Crippen LogP contribution in [0.25, 0.3) is 0 Å². The van der Waals surface area contributed by atoms with E-state index in [4.69, 9.17) is 0 Å². The summed E-state index contributed by atoms with van der Waals surface area (Å²) >= 11 is 0. The molecule has 2 saturated carbocycles. The molecule has 4 rings (SSSR count). The molecule has 0 saturated heterocycles. The summed E-state index contributed by atoms with van der Waals surface area (Å²) < 4.78 is 0. The molecule has 0 spiro atoms. The molecule has 176 valence electrons.